The Bertz CT molecular complexity index is 393. The van der Waals surface area contributed by atoms with Crippen LogP contribution in [0.3, 0.4) is 0 Å². The molecule has 0 amide bonds. The maximum Gasteiger partial charge on any atom is 0.164 e. The second kappa shape index (κ2) is 4.96. The Morgan fingerprint density at radius 3 is 2.50 bits per heavy atom. The highest BCUT2D eigenvalue weighted by Crippen LogP contribution is 2.24. The van der Waals surface area contributed by atoms with Crippen LogP contribution in [-0.4, -0.2) is 5.78 Å². The largest absolute Gasteiger partial charge is 0.294 e. The minimum absolute atomic E-state index is 0.0278. The quantitative estimate of drug-likeness (QED) is 0.714. The van der Waals surface area contributed by atoms with Gasteiger partial charge >= 0.3 is 0 Å². The minimum Gasteiger partial charge on any atom is -0.294 e. The monoisotopic (exact) mass is 242 g/mol. The van der Waals surface area contributed by atoms with Gasteiger partial charge in [-0.1, -0.05) is 32.4 Å². The molecule has 0 fully saturated rings. The third-order valence-corrected chi connectivity index (χ3v) is 2.65. The first-order valence-electron chi connectivity index (χ1n) is 5.28. The van der Waals surface area contributed by atoms with Gasteiger partial charge in [0.05, 0.1) is 5.02 Å². The summed E-state index contributed by atoms with van der Waals surface area (Å²) in [5, 5.41) is 0.193. The van der Waals surface area contributed by atoms with Gasteiger partial charge < -0.3 is 0 Å². The van der Waals surface area contributed by atoms with Crippen molar-refractivity contribution in [2.24, 2.45) is 5.41 Å². The predicted molar refractivity (Wildman–Crippen MR) is 64.4 cm³/mol. The zero-order chi connectivity index (χ0) is 12.3. The summed E-state index contributed by atoms with van der Waals surface area (Å²) in [6.07, 6.45) is 1.23. The van der Waals surface area contributed by atoms with Crippen molar-refractivity contribution >= 4 is 17.4 Å². The van der Waals surface area contributed by atoms with Crippen molar-refractivity contribution in [1.82, 2.24) is 0 Å². The Morgan fingerprint density at radius 2 is 2.00 bits per heavy atom. The Kier molecular flexibility index (Phi) is 4.09. The van der Waals surface area contributed by atoms with Crippen LogP contribution in [0.2, 0.25) is 5.02 Å². The standard InChI is InChI=1S/C13H16ClFO/c1-13(2,3)7-6-12(16)10-5-4-9(15)8-11(10)14/h4-5,8H,6-7H2,1-3H3. The van der Waals surface area contributed by atoms with Gasteiger partial charge in [-0.05, 0) is 30.0 Å². The lowest BCUT2D eigenvalue weighted by Gasteiger charge is -2.17. The van der Waals surface area contributed by atoms with E-state index in [2.05, 4.69) is 20.8 Å². The van der Waals surface area contributed by atoms with Crippen LogP contribution in [0.4, 0.5) is 4.39 Å². The fraction of sp³-hybridized carbons (Fsp3) is 0.462. The van der Waals surface area contributed by atoms with Crippen LogP contribution in [0.5, 0.6) is 0 Å². The zero-order valence-corrected chi connectivity index (χ0v) is 10.6. The summed E-state index contributed by atoms with van der Waals surface area (Å²) in [5.41, 5.74) is 0.523. The van der Waals surface area contributed by atoms with E-state index in [4.69, 9.17) is 11.6 Å². The molecule has 1 nitrogen and oxygen atoms in total. The van der Waals surface area contributed by atoms with E-state index in [1.165, 1.54) is 18.2 Å². The van der Waals surface area contributed by atoms with E-state index in [0.717, 1.165) is 6.42 Å². The molecule has 0 saturated carbocycles. The van der Waals surface area contributed by atoms with E-state index >= 15 is 0 Å². The molecule has 3 heteroatoms. The van der Waals surface area contributed by atoms with Crippen molar-refractivity contribution in [1.29, 1.82) is 0 Å². The summed E-state index contributed by atoms with van der Waals surface area (Å²) >= 11 is 5.81. The molecule has 0 saturated heterocycles. The van der Waals surface area contributed by atoms with Gasteiger partial charge in [-0.25, -0.2) is 4.39 Å². The normalized spacial score (nSPS) is 11.6. The molecule has 0 aliphatic carbocycles. The molecular weight excluding hydrogens is 227 g/mol. The molecule has 16 heavy (non-hydrogen) atoms. The van der Waals surface area contributed by atoms with Crippen LogP contribution in [0.15, 0.2) is 18.2 Å². The molecule has 0 spiro atoms. The summed E-state index contributed by atoms with van der Waals surface area (Å²) in [4.78, 5) is 11.8. The van der Waals surface area contributed by atoms with E-state index in [0.29, 0.717) is 12.0 Å². The van der Waals surface area contributed by atoms with E-state index in [1.54, 1.807) is 0 Å². The number of carbonyl (C=O) groups excluding carboxylic acids is 1. The number of ketones is 1. The fourth-order valence-corrected chi connectivity index (χ4v) is 1.61. The fourth-order valence-electron chi connectivity index (χ4n) is 1.34. The summed E-state index contributed by atoms with van der Waals surface area (Å²) in [6, 6.07) is 3.88. The Hall–Kier alpha value is -0.890. The van der Waals surface area contributed by atoms with Crippen molar-refractivity contribution < 1.29 is 9.18 Å². The highest BCUT2D eigenvalue weighted by molar-refractivity contribution is 6.33. The molecule has 1 aromatic carbocycles. The smallest absolute Gasteiger partial charge is 0.164 e. The number of hydrogen-bond acceptors (Lipinski definition) is 1. The van der Waals surface area contributed by atoms with Gasteiger partial charge in [0, 0.05) is 12.0 Å². The van der Waals surface area contributed by atoms with Gasteiger partial charge in [0.25, 0.3) is 0 Å². The predicted octanol–water partition coefficient (Wildman–Crippen LogP) is 4.49. The van der Waals surface area contributed by atoms with Crippen LogP contribution in [0.1, 0.15) is 44.0 Å². The maximum atomic E-state index is 12.8. The van der Waals surface area contributed by atoms with Crippen molar-refractivity contribution in [2.45, 2.75) is 33.6 Å². The molecule has 0 aliphatic heterocycles. The van der Waals surface area contributed by atoms with Gasteiger partial charge in [-0.15, -0.1) is 0 Å². The van der Waals surface area contributed by atoms with E-state index in [1.807, 2.05) is 0 Å². The zero-order valence-electron chi connectivity index (χ0n) is 9.81. The van der Waals surface area contributed by atoms with Crippen LogP contribution >= 0.6 is 11.6 Å². The minimum atomic E-state index is -0.419. The van der Waals surface area contributed by atoms with E-state index in [-0.39, 0.29) is 16.2 Å². The van der Waals surface area contributed by atoms with Gasteiger partial charge in [-0.3, -0.25) is 4.79 Å². The third kappa shape index (κ3) is 3.93. The molecule has 0 atom stereocenters. The topological polar surface area (TPSA) is 17.1 Å². The number of carbonyl (C=O) groups is 1. The third-order valence-electron chi connectivity index (χ3n) is 2.33. The van der Waals surface area contributed by atoms with E-state index in [9.17, 15) is 9.18 Å². The number of benzene rings is 1. The van der Waals surface area contributed by atoms with Gasteiger partial charge in [-0.2, -0.15) is 0 Å². The van der Waals surface area contributed by atoms with Crippen LogP contribution in [0.25, 0.3) is 0 Å². The second-order valence-electron chi connectivity index (χ2n) is 5.11. The summed E-state index contributed by atoms with van der Waals surface area (Å²) in [5.74, 6) is -0.447. The first-order chi connectivity index (χ1) is 7.29. The molecule has 0 N–H and O–H groups in total. The number of rotatable bonds is 3. The van der Waals surface area contributed by atoms with Crippen LogP contribution in [-0.2, 0) is 0 Å². The Morgan fingerprint density at radius 1 is 1.38 bits per heavy atom. The van der Waals surface area contributed by atoms with Gasteiger partial charge in [0.15, 0.2) is 5.78 Å². The second-order valence-corrected chi connectivity index (χ2v) is 5.52. The number of halogens is 2. The maximum absolute atomic E-state index is 12.8. The van der Waals surface area contributed by atoms with Gasteiger partial charge in [0.1, 0.15) is 5.82 Å². The molecule has 1 aromatic rings. The SMILES string of the molecule is CC(C)(C)CCC(=O)c1ccc(F)cc1Cl. The molecule has 0 aromatic heterocycles. The van der Waals surface area contributed by atoms with Crippen molar-refractivity contribution in [3.8, 4) is 0 Å². The van der Waals surface area contributed by atoms with Crippen molar-refractivity contribution in [3.63, 3.8) is 0 Å². The lowest BCUT2D eigenvalue weighted by molar-refractivity contribution is 0.0966. The molecule has 0 bridgehead atoms. The number of Topliss-reactive ketones (excluding diaryl/α,β-unsaturated/α-hetero) is 1. The number of hydrogen-bond donors (Lipinski definition) is 0. The average molecular weight is 243 g/mol. The average Bonchev–Trinajstić information content (AvgIpc) is 2.13. The molecule has 0 radical (unpaired) electrons. The summed E-state index contributed by atoms with van der Waals surface area (Å²) in [6.45, 7) is 6.23. The first-order valence-corrected chi connectivity index (χ1v) is 5.66. The Labute approximate surface area is 101 Å². The molecule has 1 rings (SSSR count). The van der Waals surface area contributed by atoms with Crippen molar-refractivity contribution in [3.05, 3.63) is 34.6 Å². The summed E-state index contributed by atoms with van der Waals surface area (Å²) < 4.78 is 12.8. The van der Waals surface area contributed by atoms with Crippen LogP contribution < -0.4 is 0 Å². The van der Waals surface area contributed by atoms with E-state index < -0.39 is 5.82 Å². The lowest BCUT2D eigenvalue weighted by Crippen LogP contribution is -2.09. The molecule has 0 heterocycles. The highest BCUT2D eigenvalue weighted by atomic mass is 35.5. The first kappa shape index (κ1) is 13.2. The van der Waals surface area contributed by atoms with Gasteiger partial charge in [0.2, 0.25) is 0 Å². The van der Waals surface area contributed by atoms with Crippen LogP contribution in [0, 0.1) is 11.2 Å². The molecule has 0 unspecified atom stereocenters. The molecule has 88 valence electrons. The molecular formula is C13H16ClFO. The highest BCUT2D eigenvalue weighted by Gasteiger charge is 2.16. The lowest BCUT2D eigenvalue weighted by atomic mass is 9.88. The summed E-state index contributed by atoms with van der Waals surface area (Å²) in [7, 11) is 0. The Balaban J connectivity index is 2.74. The molecule has 0 aliphatic rings. The van der Waals surface area contributed by atoms with Crippen molar-refractivity contribution in [2.75, 3.05) is 0 Å².